The van der Waals surface area contributed by atoms with Crippen LogP contribution in [0.25, 0.3) is 0 Å². The Kier molecular flexibility index (Phi) is 1.86. The van der Waals surface area contributed by atoms with Crippen molar-refractivity contribution in [3.63, 3.8) is 0 Å². The Hall–Kier alpha value is -0.570. The van der Waals surface area contributed by atoms with E-state index in [1.807, 2.05) is 24.6 Å². The van der Waals surface area contributed by atoms with Crippen molar-refractivity contribution in [1.29, 1.82) is 0 Å². The average Bonchev–Trinajstić information content (AvgIpc) is 1.90. The maximum atomic E-state index is 3.98. The molecular weight excluding hydrogens is 120 g/mol. The molecule has 0 spiro atoms. The lowest BCUT2D eigenvalue weighted by Crippen LogP contribution is -2.27. The second-order valence-corrected chi connectivity index (χ2v) is 2.02. The topological polar surface area (TPSA) is 16.8 Å². The number of nitrogens with zero attached hydrogens (tertiary/aromatic N) is 2. The Balaban J connectivity index is 2.83. The van der Waals surface area contributed by atoms with E-state index in [2.05, 4.69) is 5.10 Å². The van der Waals surface area contributed by atoms with Gasteiger partial charge in [-0.3, -0.25) is 0 Å². The molecule has 0 bridgehead atoms. The summed E-state index contributed by atoms with van der Waals surface area (Å²) in [4.78, 5) is 0. The van der Waals surface area contributed by atoms with Crippen molar-refractivity contribution < 1.29 is 4.09 Å². The minimum absolute atomic E-state index is 1.57. The molecule has 0 aromatic carbocycles. The minimum atomic E-state index is 1.57. The van der Waals surface area contributed by atoms with Crippen LogP contribution >= 0.6 is 11.9 Å². The molecule has 3 heteroatoms. The number of hydrogen-bond acceptors (Lipinski definition) is 2. The summed E-state index contributed by atoms with van der Waals surface area (Å²) in [7, 11) is 0. The maximum absolute atomic E-state index is 3.98. The van der Waals surface area contributed by atoms with E-state index in [4.69, 9.17) is 0 Å². The van der Waals surface area contributed by atoms with Crippen LogP contribution in [0.2, 0.25) is 0 Å². The van der Waals surface area contributed by atoms with Gasteiger partial charge in [-0.1, -0.05) is 0 Å². The second-order valence-electron chi connectivity index (χ2n) is 1.28. The van der Waals surface area contributed by atoms with E-state index in [-0.39, 0.29) is 0 Å². The molecule has 0 atom stereocenters. The van der Waals surface area contributed by atoms with E-state index in [0.717, 1.165) is 0 Å². The lowest BCUT2D eigenvalue weighted by atomic mass is 10.6. The Morgan fingerprint density at radius 1 is 1.50 bits per heavy atom. The molecule has 0 radical (unpaired) electrons. The van der Waals surface area contributed by atoms with Gasteiger partial charge < -0.3 is 0 Å². The van der Waals surface area contributed by atoms with Gasteiger partial charge in [0.1, 0.15) is 0 Å². The summed E-state index contributed by atoms with van der Waals surface area (Å²) in [5, 5.41) is 3.98. The van der Waals surface area contributed by atoms with Gasteiger partial charge >= 0.3 is 0 Å². The van der Waals surface area contributed by atoms with Gasteiger partial charge in [-0.25, -0.2) is 0 Å². The molecule has 0 fully saturated rings. The molecule has 2 nitrogen and oxygen atoms in total. The molecule has 0 aliphatic rings. The molecular formula is C5H7N2S+. The highest BCUT2D eigenvalue weighted by atomic mass is 32.2. The normalized spacial score (nSPS) is 9.12. The van der Waals surface area contributed by atoms with E-state index < -0.39 is 0 Å². The summed E-state index contributed by atoms with van der Waals surface area (Å²) in [5.41, 5.74) is 0. The van der Waals surface area contributed by atoms with Gasteiger partial charge in [0.2, 0.25) is 6.20 Å². The van der Waals surface area contributed by atoms with Gasteiger partial charge in [0.05, 0.1) is 12.5 Å². The van der Waals surface area contributed by atoms with Crippen LogP contribution in [0.4, 0.5) is 0 Å². The molecule has 0 N–H and O–H groups in total. The Morgan fingerprint density at radius 3 is 2.75 bits per heavy atom. The van der Waals surface area contributed by atoms with Crippen molar-refractivity contribution in [2.75, 3.05) is 6.26 Å². The molecule has 0 aliphatic carbocycles. The van der Waals surface area contributed by atoms with E-state index in [1.165, 1.54) is 0 Å². The molecule has 1 rings (SSSR count). The molecule has 0 unspecified atom stereocenters. The lowest BCUT2D eigenvalue weighted by molar-refractivity contribution is -0.564. The van der Waals surface area contributed by atoms with Crippen molar-refractivity contribution in [1.82, 2.24) is 5.10 Å². The van der Waals surface area contributed by atoms with Crippen LogP contribution in [0.3, 0.4) is 0 Å². The predicted octanol–water partition coefficient (Wildman–Crippen LogP) is 0.495. The largest absolute Gasteiger partial charge is 0.212 e. The maximum Gasteiger partial charge on any atom is 0.212 e. The van der Waals surface area contributed by atoms with Crippen LogP contribution in [0.15, 0.2) is 24.5 Å². The molecule has 8 heavy (non-hydrogen) atoms. The van der Waals surface area contributed by atoms with Gasteiger partial charge in [0, 0.05) is 11.2 Å². The van der Waals surface area contributed by atoms with Crippen LogP contribution in [-0.2, 0) is 0 Å². The third kappa shape index (κ3) is 1.20. The molecule has 1 heterocycles. The number of hydrogen-bond donors (Lipinski definition) is 0. The summed E-state index contributed by atoms with van der Waals surface area (Å²) in [6.45, 7) is 0. The van der Waals surface area contributed by atoms with Crippen molar-refractivity contribution in [2.24, 2.45) is 0 Å². The van der Waals surface area contributed by atoms with Crippen LogP contribution < -0.4 is 4.09 Å². The van der Waals surface area contributed by atoms with Crippen molar-refractivity contribution in [2.45, 2.75) is 0 Å². The van der Waals surface area contributed by atoms with Crippen molar-refractivity contribution in [3.05, 3.63) is 24.5 Å². The second kappa shape index (κ2) is 2.67. The van der Waals surface area contributed by atoms with Crippen LogP contribution in [0.1, 0.15) is 0 Å². The van der Waals surface area contributed by atoms with E-state index in [1.54, 1.807) is 22.2 Å². The monoisotopic (exact) mass is 127 g/mol. The van der Waals surface area contributed by atoms with Gasteiger partial charge in [-0.2, -0.15) is 0 Å². The first-order valence-corrected chi connectivity index (χ1v) is 3.49. The summed E-state index contributed by atoms with van der Waals surface area (Å²) < 4.78 is 1.79. The first-order valence-electron chi connectivity index (χ1n) is 2.31. The fraction of sp³-hybridized carbons (Fsp3) is 0.200. The van der Waals surface area contributed by atoms with Gasteiger partial charge in [0.25, 0.3) is 0 Å². The third-order valence-electron chi connectivity index (χ3n) is 0.778. The van der Waals surface area contributed by atoms with Gasteiger partial charge in [0.15, 0.2) is 11.9 Å². The zero-order valence-corrected chi connectivity index (χ0v) is 5.43. The van der Waals surface area contributed by atoms with Crippen molar-refractivity contribution in [3.8, 4) is 0 Å². The zero-order valence-electron chi connectivity index (χ0n) is 4.61. The molecule has 42 valence electrons. The van der Waals surface area contributed by atoms with E-state index in [9.17, 15) is 0 Å². The average molecular weight is 127 g/mol. The predicted molar refractivity (Wildman–Crippen MR) is 33.3 cm³/mol. The molecule has 0 saturated heterocycles. The lowest BCUT2D eigenvalue weighted by Gasteiger charge is -1.78. The molecule has 1 aromatic rings. The van der Waals surface area contributed by atoms with Crippen LogP contribution in [0.5, 0.6) is 0 Å². The van der Waals surface area contributed by atoms with E-state index >= 15 is 0 Å². The number of aromatic nitrogens is 2. The molecule has 0 aliphatic heterocycles. The van der Waals surface area contributed by atoms with Gasteiger partial charge in [-0.15, -0.1) is 0 Å². The van der Waals surface area contributed by atoms with Gasteiger partial charge in [-0.05, 0) is 10.2 Å². The first-order chi connectivity index (χ1) is 3.93. The van der Waals surface area contributed by atoms with Crippen molar-refractivity contribution >= 4 is 11.9 Å². The molecule has 1 aromatic heterocycles. The Morgan fingerprint density at radius 2 is 2.38 bits per heavy atom. The van der Waals surface area contributed by atoms with Crippen LogP contribution in [0, 0.1) is 0 Å². The number of rotatable bonds is 1. The fourth-order valence-corrected chi connectivity index (χ4v) is 0.764. The Labute approximate surface area is 52.7 Å². The third-order valence-corrected chi connectivity index (χ3v) is 1.37. The highest BCUT2D eigenvalue weighted by Gasteiger charge is 1.92. The first kappa shape index (κ1) is 5.56. The summed E-state index contributed by atoms with van der Waals surface area (Å²) in [5.74, 6) is 0. The smallest absolute Gasteiger partial charge is 0.0317 e. The summed E-state index contributed by atoms with van der Waals surface area (Å²) in [6.07, 6.45) is 5.65. The standard InChI is InChI=1S/C5H7N2S/c1-8-7-5-3-2-4-6-7/h2-5H,1H3/q+1. The van der Waals surface area contributed by atoms with Crippen LogP contribution in [-0.4, -0.2) is 11.4 Å². The quantitative estimate of drug-likeness (QED) is 0.511. The molecule has 0 amide bonds. The zero-order chi connectivity index (χ0) is 5.82. The SMILES string of the molecule is CS[n+]1ccccn1. The summed E-state index contributed by atoms with van der Waals surface area (Å²) in [6, 6.07) is 3.84. The highest BCUT2D eigenvalue weighted by molar-refractivity contribution is 7.92. The van der Waals surface area contributed by atoms with E-state index in [0.29, 0.717) is 0 Å². The highest BCUT2D eigenvalue weighted by Crippen LogP contribution is 1.79. The fourth-order valence-electron chi connectivity index (χ4n) is 0.424. The minimum Gasteiger partial charge on any atom is -0.0317 e. The molecule has 0 saturated carbocycles. The summed E-state index contributed by atoms with van der Waals surface area (Å²) >= 11 is 1.57. The Bertz CT molecular complexity index is 152.